The second kappa shape index (κ2) is 8.18. The molecule has 1 saturated heterocycles. The van der Waals surface area contributed by atoms with Crippen LogP contribution >= 0.6 is 11.6 Å². The Kier molecular flexibility index (Phi) is 6.48. The molecule has 2 rings (SSSR count). The van der Waals surface area contributed by atoms with Crippen molar-refractivity contribution in [3.63, 3.8) is 0 Å². The van der Waals surface area contributed by atoms with Crippen LogP contribution in [0.1, 0.15) is 18.9 Å². The first-order chi connectivity index (χ1) is 11.3. The SMILES string of the molecule is CCN1CCN(CCC(=O)Nc2ccc(Cl)cc2C(F)(F)F)CC1. The zero-order valence-corrected chi connectivity index (χ0v) is 14.3. The van der Waals surface area contributed by atoms with Gasteiger partial charge in [0.05, 0.1) is 11.3 Å². The molecule has 0 spiro atoms. The topological polar surface area (TPSA) is 35.6 Å². The second-order valence-corrected chi connectivity index (χ2v) is 6.20. The Bertz CT molecular complexity index is 572. The maximum absolute atomic E-state index is 13.0. The Balaban J connectivity index is 1.89. The zero-order valence-electron chi connectivity index (χ0n) is 13.5. The third-order valence-electron chi connectivity index (χ3n) is 4.13. The van der Waals surface area contributed by atoms with Crippen LogP contribution < -0.4 is 5.32 Å². The number of alkyl halides is 3. The summed E-state index contributed by atoms with van der Waals surface area (Å²) in [6.07, 6.45) is -4.41. The van der Waals surface area contributed by atoms with Crippen LogP contribution in [0.3, 0.4) is 0 Å². The number of halogens is 4. The first-order valence-electron chi connectivity index (χ1n) is 7.91. The van der Waals surface area contributed by atoms with E-state index in [4.69, 9.17) is 11.6 Å². The highest BCUT2D eigenvalue weighted by Crippen LogP contribution is 2.36. The third-order valence-corrected chi connectivity index (χ3v) is 4.36. The number of amides is 1. The molecule has 24 heavy (non-hydrogen) atoms. The van der Waals surface area contributed by atoms with Crippen LogP contribution in [0.2, 0.25) is 5.02 Å². The highest BCUT2D eigenvalue weighted by molar-refractivity contribution is 6.30. The molecule has 0 radical (unpaired) electrons. The monoisotopic (exact) mass is 363 g/mol. The van der Waals surface area contributed by atoms with E-state index < -0.39 is 17.6 Å². The Hall–Kier alpha value is -1.31. The summed E-state index contributed by atoms with van der Waals surface area (Å²) in [5, 5.41) is 2.33. The molecular weight excluding hydrogens is 343 g/mol. The molecule has 0 aromatic heterocycles. The predicted octanol–water partition coefficient (Wildman–Crippen LogP) is 3.32. The Morgan fingerprint density at radius 1 is 1.21 bits per heavy atom. The molecule has 1 aromatic carbocycles. The van der Waals surface area contributed by atoms with Gasteiger partial charge in [0.2, 0.25) is 5.91 Å². The molecule has 1 aromatic rings. The van der Waals surface area contributed by atoms with Crippen molar-refractivity contribution in [2.24, 2.45) is 0 Å². The second-order valence-electron chi connectivity index (χ2n) is 5.76. The van der Waals surface area contributed by atoms with Gasteiger partial charge in [-0.25, -0.2) is 0 Å². The number of rotatable bonds is 5. The summed E-state index contributed by atoms with van der Waals surface area (Å²) in [5.74, 6) is -0.430. The van der Waals surface area contributed by atoms with E-state index in [0.717, 1.165) is 38.8 Å². The molecule has 1 fully saturated rings. The van der Waals surface area contributed by atoms with Crippen LogP contribution in [-0.2, 0) is 11.0 Å². The maximum Gasteiger partial charge on any atom is 0.418 e. The van der Waals surface area contributed by atoms with Crippen molar-refractivity contribution < 1.29 is 18.0 Å². The van der Waals surface area contributed by atoms with Crippen molar-refractivity contribution in [1.82, 2.24) is 9.80 Å². The number of piperazine rings is 1. The number of hydrogen-bond donors (Lipinski definition) is 1. The van der Waals surface area contributed by atoms with Gasteiger partial charge in [0, 0.05) is 44.2 Å². The van der Waals surface area contributed by atoms with Crippen molar-refractivity contribution in [1.29, 1.82) is 0 Å². The predicted molar refractivity (Wildman–Crippen MR) is 88.3 cm³/mol. The van der Waals surface area contributed by atoms with E-state index in [-0.39, 0.29) is 17.1 Å². The van der Waals surface area contributed by atoms with Crippen LogP contribution in [0.25, 0.3) is 0 Å². The molecule has 0 atom stereocenters. The Morgan fingerprint density at radius 2 is 1.83 bits per heavy atom. The van der Waals surface area contributed by atoms with Gasteiger partial charge in [-0.2, -0.15) is 13.2 Å². The molecule has 1 heterocycles. The highest BCUT2D eigenvalue weighted by Gasteiger charge is 2.34. The van der Waals surface area contributed by atoms with Gasteiger partial charge in [0.15, 0.2) is 0 Å². The average molecular weight is 364 g/mol. The minimum atomic E-state index is -4.57. The molecule has 1 N–H and O–H groups in total. The summed E-state index contributed by atoms with van der Waals surface area (Å²) < 4.78 is 39.0. The number of carbonyl (C=O) groups excluding carboxylic acids is 1. The number of nitrogens with one attached hydrogen (secondary N) is 1. The van der Waals surface area contributed by atoms with Gasteiger partial charge in [-0.15, -0.1) is 0 Å². The van der Waals surface area contributed by atoms with E-state index in [1.807, 2.05) is 0 Å². The number of anilines is 1. The van der Waals surface area contributed by atoms with Crippen molar-refractivity contribution >= 4 is 23.2 Å². The van der Waals surface area contributed by atoms with Crippen LogP contribution in [0.5, 0.6) is 0 Å². The van der Waals surface area contributed by atoms with Gasteiger partial charge < -0.3 is 15.1 Å². The number of benzene rings is 1. The van der Waals surface area contributed by atoms with E-state index in [2.05, 4.69) is 22.0 Å². The lowest BCUT2D eigenvalue weighted by Crippen LogP contribution is -2.46. The lowest BCUT2D eigenvalue weighted by molar-refractivity contribution is -0.137. The lowest BCUT2D eigenvalue weighted by atomic mass is 10.1. The smallest absolute Gasteiger partial charge is 0.325 e. The highest BCUT2D eigenvalue weighted by atomic mass is 35.5. The molecule has 1 aliphatic heterocycles. The standard InChI is InChI=1S/C16H21ClF3N3O/c1-2-22-7-9-23(10-8-22)6-5-15(24)21-14-4-3-12(17)11-13(14)16(18,19)20/h3-4,11H,2,5-10H2,1H3,(H,21,24). The molecule has 1 amide bonds. The largest absolute Gasteiger partial charge is 0.418 e. The number of nitrogens with zero attached hydrogens (tertiary/aromatic N) is 2. The molecule has 4 nitrogen and oxygen atoms in total. The van der Waals surface area contributed by atoms with Crippen LogP contribution in [0, 0.1) is 0 Å². The summed E-state index contributed by atoms with van der Waals surface area (Å²) in [5.41, 5.74) is -1.19. The number of likely N-dealkylation sites (N-methyl/N-ethyl adjacent to an activating group) is 1. The fraction of sp³-hybridized carbons (Fsp3) is 0.562. The molecular formula is C16H21ClF3N3O. The molecule has 8 heteroatoms. The first kappa shape index (κ1) is 19.0. The van der Waals surface area contributed by atoms with Crippen molar-refractivity contribution in [2.75, 3.05) is 44.6 Å². The number of hydrogen-bond acceptors (Lipinski definition) is 3. The zero-order chi connectivity index (χ0) is 17.7. The number of carbonyl (C=O) groups is 1. The maximum atomic E-state index is 13.0. The van der Waals surface area contributed by atoms with E-state index >= 15 is 0 Å². The van der Waals surface area contributed by atoms with Crippen molar-refractivity contribution in [3.05, 3.63) is 28.8 Å². The van der Waals surface area contributed by atoms with E-state index in [1.165, 1.54) is 12.1 Å². The van der Waals surface area contributed by atoms with E-state index in [1.54, 1.807) is 0 Å². The van der Waals surface area contributed by atoms with Gasteiger partial charge in [-0.05, 0) is 24.7 Å². The van der Waals surface area contributed by atoms with Gasteiger partial charge in [0.25, 0.3) is 0 Å². The Labute approximate surface area is 144 Å². The summed E-state index contributed by atoms with van der Waals surface area (Å²) >= 11 is 5.62. The minimum Gasteiger partial charge on any atom is -0.325 e. The van der Waals surface area contributed by atoms with Gasteiger partial charge >= 0.3 is 6.18 Å². The van der Waals surface area contributed by atoms with Gasteiger partial charge in [0.1, 0.15) is 0 Å². The van der Waals surface area contributed by atoms with Crippen LogP contribution in [0.15, 0.2) is 18.2 Å². The summed E-state index contributed by atoms with van der Waals surface area (Å²) in [7, 11) is 0. The summed E-state index contributed by atoms with van der Waals surface area (Å²) in [4.78, 5) is 16.5. The minimum absolute atomic E-state index is 0.0193. The average Bonchev–Trinajstić information content (AvgIpc) is 2.54. The van der Waals surface area contributed by atoms with Crippen molar-refractivity contribution in [2.45, 2.75) is 19.5 Å². The molecule has 0 aliphatic carbocycles. The fourth-order valence-electron chi connectivity index (χ4n) is 2.66. The summed E-state index contributed by atoms with van der Waals surface area (Å²) in [6.45, 7) is 7.30. The lowest BCUT2D eigenvalue weighted by Gasteiger charge is -2.33. The molecule has 0 bridgehead atoms. The Morgan fingerprint density at radius 3 is 2.42 bits per heavy atom. The normalized spacial score (nSPS) is 17.0. The molecule has 0 unspecified atom stereocenters. The fourth-order valence-corrected chi connectivity index (χ4v) is 2.83. The first-order valence-corrected chi connectivity index (χ1v) is 8.28. The van der Waals surface area contributed by atoms with Crippen LogP contribution in [-0.4, -0.2) is 55.0 Å². The quantitative estimate of drug-likeness (QED) is 0.871. The van der Waals surface area contributed by atoms with E-state index in [9.17, 15) is 18.0 Å². The third kappa shape index (κ3) is 5.36. The van der Waals surface area contributed by atoms with Gasteiger partial charge in [-0.1, -0.05) is 18.5 Å². The van der Waals surface area contributed by atoms with Crippen LogP contribution in [0.4, 0.5) is 18.9 Å². The van der Waals surface area contributed by atoms with E-state index in [0.29, 0.717) is 6.54 Å². The van der Waals surface area contributed by atoms with Gasteiger partial charge in [-0.3, -0.25) is 4.79 Å². The molecule has 0 saturated carbocycles. The molecule has 134 valence electrons. The van der Waals surface area contributed by atoms with Crippen molar-refractivity contribution in [3.8, 4) is 0 Å². The molecule has 1 aliphatic rings. The summed E-state index contributed by atoms with van der Waals surface area (Å²) in [6, 6.07) is 3.33.